The van der Waals surface area contributed by atoms with Crippen molar-refractivity contribution >= 4 is 5.71 Å². The number of nitrogens with zero attached hydrogens (tertiary/aromatic N) is 1. The van der Waals surface area contributed by atoms with Gasteiger partial charge in [-0.25, -0.2) is 0 Å². The van der Waals surface area contributed by atoms with Crippen LogP contribution in [0.15, 0.2) is 17.0 Å². The van der Waals surface area contributed by atoms with Crippen LogP contribution < -0.4 is 11.5 Å². The predicted octanol–water partition coefficient (Wildman–Crippen LogP) is 1.21. The van der Waals surface area contributed by atoms with Gasteiger partial charge in [0.05, 0.1) is 6.20 Å². The smallest absolute Gasteiger partial charge is 0.112 e. The van der Waals surface area contributed by atoms with E-state index in [1.54, 1.807) is 0 Å². The fourth-order valence-corrected chi connectivity index (χ4v) is 0.365. The Morgan fingerprint density at radius 2 is 1.73 bits per heavy atom. The summed E-state index contributed by atoms with van der Waals surface area (Å²) in [7, 11) is 0. The topological polar surface area (TPSA) is 64.4 Å². The number of rotatable bonds is 1. The van der Waals surface area contributed by atoms with Gasteiger partial charge in [0, 0.05) is 5.71 Å². The molecule has 0 aliphatic carbocycles. The quantitative estimate of drug-likeness (QED) is 0.559. The van der Waals surface area contributed by atoms with Crippen molar-refractivity contribution in [3.05, 3.63) is 12.0 Å². The van der Waals surface area contributed by atoms with E-state index < -0.39 is 0 Å². The van der Waals surface area contributed by atoms with Crippen molar-refractivity contribution in [3.63, 3.8) is 0 Å². The minimum Gasteiger partial charge on any atom is -0.384 e. The molecule has 3 nitrogen and oxygen atoms in total. The van der Waals surface area contributed by atoms with E-state index in [4.69, 9.17) is 11.5 Å². The van der Waals surface area contributed by atoms with Crippen molar-refractivity contribution in [3.8, 4) is 0 Å². The highest BCUT2D eigenvalue weighted by Crippen LogP contribution is 2.15. The highest BCUT2D eigenvalue weighted by molar-refractivity contribution is 5.87. The van der Waals surface area contributed by atoms with Crippen LogP contribution in [0.2, 0.25) is 0 Å². The van der Waals surface area contributed by atoms with E-state index in [1.807, 2.05) is 6.92 Å². The van der Waals surface area contributed by atoms with E-state index in [9.17, 15) is 0 Å². The monoisotopic (exact) mass is 155 g/mol. The number of hydrogen-bond donors (Lipinski definition) is 2. The molecular formula is C8H17N3. The molecule has 0 aliphatic heterocycles. The Balaban J connectivity index is 4.36. The molecule has 11 heavy (non-hydrogen) atoms. The summed E-state index contributed by atoms with van der Waals surface area (Å²) in [6, 6.07) is 0. The number of aliphatic imine (C=N–C) groups is 1. The first-order valence-corrected chi connectivity index (χ1v) is 3.60. The van der Waals surface area contributed by atoms with E-state index in [0.717, 1.165) is 5.71 Å². The largest absolute Gasteiger partial charge is 0.384 e. The summed E-state index contributed by atoms with van der Waals surface area (Å²) < 4.78 is 0. The molecule has 0 heterocycles. The SMILES string of the molecule is C/C(=N\C=C(N)N)C(C)(C)C. The molecule has 0 aliphatic rings. The first kappa shape index (κ1) is 10.0. The predicted molar refractivity (Wildman–Crippen MR) is 49.0 cm³/mol. The van der Waals surface area contributed by atoms with Crippen LogP contribution in [0, 0.1) is 5.41 Å². The molecule has 0 fully saturated rings. The highest BCUT2D eigenvalue weighted by atomic mass is 14.9. The van der Waals surface area contributed by atoms with Crippen molar-refractivity contribution in [1.82, 2.24) is 0 Å². The van der Waals surface area contributed by atoms with Crippen LogP contribution in [0.1, 0.15) is 27.7 Å². The third-order valence-corrected chi connectivity index (χ3v) is 1.49. The molecule has 0 spiro atoms. The van der Waals surface area contributed by atoms with Crippen molar-refractivity contribution in [2.24, 2.45) is 21.9 Å². The molecule has 0 saturated heterocycles. The third kappa shape index (κ3) is 4.42. The second kappa shape index (κ2) is 3.42. The standard InChI is InChI=1S/C8H17N3/c1-6(8(2,3)4)11-5-7(9)10/h5H,9-10H2,1-4H3/b11-6+. The molecule has 0 rings (SSSR count). The van der Waals surface area contributed by atoms with Crippen LogP contribution in [-0.2, 0) is 0 Å². The lowest BCUT2D eigenvalue weighted by Crippen LogP contribution is -2.16. The first-order valence-electron chi connectivity index (χ1n) is 3.60. The molecule has 0 aromatic rings. The molecule has 0 unspecified atom stereocenters. The highest BCUT2D eigenvalue weighted by Gasteiger charge is 2.12. The average Bonchev–Trinajstić information content (AvgIpc) is 1.80. The molecular weight excluding hydrogens is 138 g/mol. The summed E-state index contributed by atoms with van der Waals surface area (Å²) in [6.45, 7) is 8.23. The molecule has 0 atom stereocenters. The van der Waals surface area contributed by atoms with Gasteiger partial charge in [-0.2, -0.15) is 0 Å². The fourth-order valence-electron chi connectivity index (χ4n) is 0.365. The van der Waals surface area contributed by atoms with Crippen molar-refractivity contribution in [1.29, 1.82) is 0 Å². The van der Waals surface area contributed by atoms with Gasteiger partial charge < -0.3 is 11.5 Å². The van der Waals surface area contributed by atoms with Crippen LogP contribution in [0.4, 0.5) is 0 Å². The molecule has 0 bridgehead atoms. The summed E-state index contributed by atoms with van der Waals surface area (Å²) in [5.74, 6) is 0.244. The molecule has 0 amide bonds. The summed E-state index contributed by atoms with van der Waals surface area (Å²) in [5, 5.41) is 0. The van der Waals surface area contributed by atoms with Crippen molar-refractivity contribution in [2.75, 3.05) is 0 Å². The lowest BCUT2D eigenvalue weighted by molar-refractivity contribution is 0.588. The normalized spacial score (nSPS) is 12.9. The summed E-state index contributed by atoms with van der Waals surface area (Å²) in [5.41, 5.74) is 11.5. The van der Waals surface area contributed by atoms with Gasteiger partial charge >= 0.3 is 0 Å². The Labute approximate surface area is 68.2 Å². The fraction of sp³-hybridized carbons (Fsp3) is 0.625. The Morgan fingerprint density at radius 1 is 1.27 bits per heavy atom. The first-order chi connectivity index (χ1) is 4.84. The Hall–Kier alpha value is -0.990. The number of nitrogens with two attached hydrogens (primary N) is 2. The van der Waals surface area contributed by atoms with Gasteiger partial charge in [-0.15, -0.1) is 0 Å². The van der Waals surface area contributed by atoms with Gasteiger partial charge in [0.2, 0.25) is 0 Å². The van der Waals surface area contributed by atoms with Gasteiger partial charge in [0.15, 0.2) is 0 Å². The van der Waals surface area contributed by atoms with Crippen LogP contribution >= 0.6 is 0 Å². The van der Waals surface area contributed by atoms with E-state index in [0.29, 0.717) is 0 Å². The van der Waals surface area contributed by atoms with Crippen LogP contribution in [-0.4, -0.2) is 5.71 Å². The van der Waals surface area contributed by atoms with Crippen molar-refractivity contribution in [2.45, 2.75) is 27.7 Å². The van der Waals surface area contributed by atoms with Gasteiger partial charge in [-0.3, -0.25) is 4.99 Å². The maximum Gasteiger partial charge on any atom is 0.112 e. The second-order valence-corrected chi connectivity index (χ2v) is 3.59. The van der Waals surface area contributed by atoms with E-state index in [-0.39, 0.29) is 11.2 Å². The zero-order valence-corrected chi connectivity index (χ0v) is 7.68. The van der Waals surface area contributed by atoms with E-state index >= 15 is 0 Å². The van der Waals surface area contributed by atoms with E-state index in [1.165, 1.54) is 6.20 Å². The minimum atomic E-state index is 0.0892. The zero-order chi connectivity index (χ0) is 9.07. The Bertz CT molecular complexity index is 180. The summed E-state index contributed by atoms with van der Waals surface area (Å²) in [6.07, 6.45) is 1.47. The molecule has 0 saturated carbocycles. The lowest BCUT2D eigenvalue weighted by Gasteiger charge is -2.16. The zero-order valence-electron chi connectivity index (χ0n) is 7.68. The van der Waals surface area contributed by atoms with Gasteiger partial charge in [-0.1, -0.05) is 20.8 Å². The Morgan fingerprint density at radius 3 is 2.00 bits per heavy atom. The maximum absolute atomic E-state index is 5.22. The van der Waals surface area contributed by atoms with Gasteiger partial charge in [0.25, 0.3) is 0 Å². The summed E-state index contributed by atoms with van der Waals surface area (Å²) >= 11 is 0. The molecule has 0 radical (unpaired) electrons. The van der Waals surface area contributed by atoms with Gasteiger partial charge in [0.1, 0.15) is 5.82 Å². The molecule has 0 aromatic heterocycles. The maximum atomic E-state index is 5.22. The summed E-state index contributed by atoms with van der Waals surface area (Å²) in [4.78, 5) is 4.10. The van der Waals surface area contributed by atoms with Crippen LogP contribution in [0.5, 0.6) is 0 Å². The minimum absolute atomic E-state index is 0.0892. The van der Waals surface area contributed by atoms with Crippen LogP contribution in [0.3, 0.4) is 0 Å². The second-order valence-electron chi connectivity index (χ2n) is 3.59. The van der Waals surface area contributed by atoms with Gasteiger partial charge in [-0.05, 0) is 12.3 Å². The molecule has 4 N–H and O–H groups in total. The van der Waals surface area contributed by atoms with Crippen LogP contribution in [0.25, 0.3) is 0 Å². The molecule has 0 aromatic carbocycles. The lowest BCUT2D eigenvalue weighted by atomic mass is 9.91. The molecule has 64 valence electrons. The average molecular weight is 155 g/mol. The van der Waals surface area contributed by atoms with Crippen molar-refractivity contribution < 1.29 is 0 Å². The third-order valence-electron chi connectivity index (χ3n) is 1.49. The Kier molecular flexibility index (Phi) is 3.11. The number of hydrogen-bond acceptors (Lipinski definition) is 3. The molecule has 3 heteroatoms. The van der Waals surface area contributed by atoms with E-state index in [2.05, 4.69) is 25.8 Å².